The van der Waals surface area contributed by atoms with Gasteiger partial charge in [0.2, 0.25) is 0 Å². The minimum absolute atomic E-state index is 0.526. The monoisotopic (exact) mass is 283 g/mol. The van der Waals surface area contributed by atoms with E-state index in [1.54, 1.807) is 0 Å². The molecule has 0 amide bonds. The van der Waals surface area contributed by atoms with Crippen LogP contribution in [-0.2, 0) is 0 Å². The van der Waals surface area contributed by atoms with E-state index in [1.165, 1.54) is 11.1 Å². The third-order valence-electron chi connectivity index (χ3n) is 3.71. The number of fused-ring (bicyclic) bond motifs is 2. The van der Waals surface area contributed by atoms with Crippen LogP contribution in [-0.4, -0.2) is 7.05 Å². The highest BCUT2D eigenvalue weighted by Gasteiger charge is 2.22. The number of ether oxygens (including phenoxy) is 1. The summed E-state index contributed by atoms with van der Waals surface area (Å²) in [6, 6.07) is 12.8. The SMILES string of the molecule is CC.Cc1ccc2c(c1)Oc1ccc(C(C)C)cc1N2C. The zero-order valence-corrected chi connectivity index (χ0v) is 13.9. The summed E-state index contributed by atoms with van der Waals surface area (Å²) in [6.45, 7) is 10.5. The molecule has 112 valence electrons. The van der Waals surface area contributed by atoms with Crippen LogP contribution in [0.5, 0.6) is 11.5 Å². The first-order valence-electron chi connectivity index (χ1n) is 7.72. The lowest BCUT2D eigenvalue weighted by Crippen LogP contribution is -2.16. The molecular formula is C19H25NO. The molecule has 0 unspecified atom stereocenters. The van der Waals surface area contributed by atoms with Crippen molar-refractivity contribution in [3.05, 3.63) is 47.5 Å². The highest BCUT2D eigenvalue weighted by molar-refractivity contribution is 5.78. The van der Waals surface area contributed by atoms with Crippen LogP contribution in [0, 0.1) is 6.92 Å². The Morgan fingerprint density at radius 1 is 0.905 bits per heavy atom. The van der Waals surface area contributed by atoms with E-state index in [-0.39, 0.29) is 0 Å². The molecule has 3 rings (SSSR count). The Morgan fingerprint density at radius 2 is 1.62 bits per heavy atom. The summed E-state index contributed by atoms with van der Waals surface area (Å²) in [4.78, 5) is 2.21. The normalized spacial score (nSPS) is 12.0. The first-order chi connectivity index (χ1) is 10.1. The van der Waals surface area contributed by atoms with Gasteiger partial charge in [0.25, 0.3) is 0 Å². The number of nitrogens with zero attached hydrogens (tertiary/aromatic N) is 1. The second kappa shape index (κ2) is 6.21. The molecule has 0 saturated carbocycles. The Kier molecular flexibility index (Phi) is 4.56. The largest absolute Gasteiger partial charge is 0.453 e. The predicted molar refractivity (Wildman–Crippen MR) is 91.2 cm³/mol. The molecule has 0 spiro atoms. The molecule has 2 aromatic carbocycles. The third-order valence-corrected chi connectivity index (χ3v) is 3.71. The molecule has 0 bridgehead atoms. The van der Waals surface area contributed by atoms with Gasteiger partial charge in [0.15, 0.2) is 11.5 Å². The van der Waals surface area contributed by atoms with Gasteiger partial charge < -0.3 is 9.64 Å². The summed E-state index contributed by atoms with van der Waals surface area (Å²) in [7, 11) is 2.10. The van der Waals surface area contributed by atoms with Gasteiger partial charge in [-0.1, -0.05) is 39.8 Å². The van der Waals surface area contributed by atoms with Gasteiger partial charge >= 0.3 is 0 Å². The third kappa shape index (κ3) is 2.90. The number of rotatable bonds is 1. The van der Waals surface area contributed by atoms with Crippen LogP contribution in [0.15, 0.2) is 36.4 Å². The van der Waals surface area contributed by atoms with Gasteiger partial charge in [-0.15, -0.1) is 0 Å². The summed E-state index contributed by atoms with van der Waals surface area (Å²) in [5, 5.41) is 0. The van der Waals surface area contributed by atoms with Crippen LogP contribution in [0.3, 0.4) is 0 Å². The molecular weight excluding hydrogens is 258 g/mol. The molecule has 0 saturated heterocycles. The van der Waals surface area contributed by atoms with Crippen LogP contribution < -0.4 is 9.64 Å². The average molecular weight is 283 g/mol. The van der Waals surface area contributed by atoms with Crippen molar-refractivity contribution in [1.29, 1.82) is 0 Å². The number of hydrogen-bond acceptors (Lipinski definition) is 2. The van der Waals surface area contributed by atoms with Crippen LogP contribution in [0.1, 0.15) is 44.7 Å². The number of hydrogen-bond donors (Lipinski definition) is 0. The number of anilines is 2. The molecule has 2 aromatic rings. The van der Waals surface area contributed by atoms with E-state index in [1.807, 2.05) is 13.8 Å². The fourth-order valence-corrected chi connectivity index (χ4v) is 2.47. The lowest BCUT2D eigenvalue weighted by Gasteiger charge is -2.30. The second-order valence-corrected chi connectivity index (χ2v) is 5.51. The highest BCUT2D eigenvalue weighted by Crippen LogP contribution is 2.46. The quantitative estimate of drug-likeness (QED) is 0.634. The fraction of sp³-hybridized carbons (Fsp3) is 0.368. The van der Waals surface area contributed by atoms with Gasteiger partial charge in [0, 0.05) is 7.05 Å². The molecule has 1 heterocycles. The Bertz CT molecular complexity index is 631. The summed E-state index contributed by atoms with van der Waals surface area (Å²) < 4.78 is 6.02. The Balaban J connectivity index is 0.000000774. The maximum Gasteiger partial charge on any atom is 0.151 e. The van der Waals surface area contributed by atoms with E-state index in [9.17, 15) is 0 Å². The van der Waals surface area contributed by atoms with Crippen molar-refractivity contribution in [2.75, 3.05) is 11.9 Å². The van der Waals surface area contributed by atoms with E-state index < -0.39 is 0 Å². The lowest BCUT2D eigenvalue weighted by atomic mass is 10.0. The molecule has 1 aliphatic heterocycles. The maximum absolute atomic E-state index is 6.02. The maximum atomic E-state index is 6.02. The summed E-state index contributed by atoms with van der Waals surface area (Å²) in [5.74, 6) is 2.40. The Labute approximate surface area is 128 Å². The standard InChI is InChI=1S/C17H19NO.C2H6/c1-11(2)13-6-8-16-15(10-13)18(4)14-7-5-12(3)9-17(14)19-16;1-2/h5-11H,1-4H3;1-2H3. The molecule has 0 fully saturated rings. The predicted octanol–water partition coefficient (Wildman–Crippen LogP) is 6.02. The van der Waals surface area contributed by atoms with Crippen LogP contribution in [0.2, 0.25) is 0 Å². The van der Waals surface area contributed by atoms with Gasteiger partial charge in [-0.05, 0) is 48.2 Å². The van der Waals surface area contributed by atoms with Gasteiger partial charge in [0.05, 0.1) is 11.4 Å². The molecule has 0 N–H and O–H groups in total. The molecule has 2 heteroatoms. The molecule has 0 aliphatic carbocycles. The molecule has 0 radical (unpaired) electrons. The van der Waals surface area contributed by atoms with E-state index in [0.717, 1.165) is 22.9 Å². The van der Waals surface area contributed by atoms with Crippen molar-refractivity contribution < 1.29 is 4.74 Å². The molecule has 1 aliphatic rings. The Hall–Kier alpha value is -1.96. The van der Waals surface area contributed by atoms with Crippen LogP contribution in [0.25, 0.3) is 0 Å². The van der Waals surface area contributed by atoms with Crippen LogP contribution >= 0.6 is 0 Å². The molecule has 2 nitrogen and oxygen atoms in total. The van der Waals surface area contributed by atoms with Gasteiger partial charge in [0.1, 0.15) is 0 Å². The van der Waals surface area contributed by atoms with E-state index >= 15 is 0 Å². The van der Waals surface area contributed by atoms with E-state index in [0.29, 0.717) is 5.92 Å². The second-order valence-electron chi connectivity index (χ2n) is 5.51. The lowest BCUT2D eigenvalue weighted by molar-refractivity contribution is 0.475. The molecule has 21 heavy (non-hydrogen) atoms. The summed E-state index contributed by atoms with van der Waals surface area (Å²) >= 11 is 0. The summed E-state index contributed by atoms with van der Waals surface area (Å²) in [5.41, 5.74) is 4.82. The van der Waals surface area contributed by atoms with Crippen LogP contribution in [0.4, 0.5) is 11.4 Å². The van der Waals surface area contributed by atoms with Gasteiger partial charge in [-0.2, -0.15) is 0 Å². The van der Waals surface area contributed by atoms with Gasteiger partial charge in [-0.25, -0.2) is 0 Å². The zero-order valence-electron chi connectivity index (χ0n) is 13.9. The zero-order chi connectivity index (χ0) is 15.6. The minimum atomic E-state index is 0.526. The molecule has 0 atom stereocenters. The smallest absolute Gasteiger partial charge is 0.151 e. The van der Waals surface area contributed by atoms with E-state index in [4.69, 9.17) is 4.74 Å². The topological polar surface area (TPSA) is 12.5 Å². The minimum Gasteiger partial charge on any atom is -0.453 e. The van der Waals surface area contributed by atoms with Gasteiger partial charge in [-0.3, -0.25) is 0 Å². The van der Waals surface area contributed by atoms with Crippen molar-refractivity contribution in [2.45, 2.75) is 40.5 Å². The van der Waals surface area contributed by atoms with Crippen molar-refractivity contribution >= 4 is 11.4 Å². The fourth-order valence-electron chi connectivity index (χ4n) is 2.47. The van der Waals surface area contributed by atoms with Crippen molar-refractivity contribution in [3.63, 3.8) is 0 Å². The first kappa shape index (κ1) is 15.4. The highest BCUT2D eigenvalue weighted by atomic mass is 16.5. The first-order valence-corrected chi connectivity index (χ1v) is 7.72. The summed E-state index contributed by atoms with van der Waals surface area (Å²) in [6.07, 6.45) is 0. The molecule has 0 aromatic heterocycles. The van der Waals surface area contributed by atoms with E-state index in [2.05, 4.69) is 69.1 Å². The average Bonchev–Trinajstić information content (AvgIpc) is 2.48. The van der Waals surface area contributed by atoms with Crippen molar-refractivity contribution in [1.82, 2.24) is 0 Å². The van der Waals surface area contributed by atoms with Crippen molar-refractivity contribution in [2.24, 2.45) is 0 Å². The van der Waals surface area contributed by atoms with Crippen molar-refractivity contribution in [3.8, 4) is 11.5 Å². The number of benzene rings is 2. The Morgan fingerprint density at radius 3 is 2.29 bits per heavy atom. The number of aryl methyl sites for hydroxylation is 1.